The van der Waals surface area contributed by atoms with E-state index in [0.29, 0.717) is 9.52 Å². The Balaban J connectivity index is -0.0000000849. The Morgan fingerprint density at radius 2 is 1.29 bits per heavy atom. The molecule has 0 heterocycles. The standard InChI is InChI=1S/C7H7Si.C5H5.3CH3.Pt/c1-8-7-5-3-2-4-6-7;1-2-4-5-3-1;;;;/h2-6H,1H2;1-5H;3*1H3;/q5*-1;. The maximum atomic E-state index is 3.78. The van der Waals surface area contributed by atoms with Gasteiger partial charge in [0.1, 0.15) is 0 Å². The van der Waals surface area contributed by atoms with Gasteiger partial charge in [-0.2, -0.15) is 18.2 Å². The Morgan fingerprint density at radius 3 is 1.53 bits per heavy atom. The number of benzene rings is 1. The molecule has 0 amide bonds. The minimum atomic E-state index is 0. The van der Waals surface area contributed by atoms with E-state index in [2.05, 4.69) is 18.7 Å². The van der Waals surface area contributed by atoms with Crippen molar-refractivity contribution >= 4 is 14.7 Å². The van der Waals surface area contributed by atoms with Crippen LogP contribution in [0.3, 0.4) is 0 Å². The molecule has 0 bridgehead atoms. The summed E-state index contributed by atoms with van der Waals surface area (Å²) in [5.41, 5.74) is 0. The molecule has 2 rings (SSSR count). The molecular formula is C15H21PtSi-5. The fourth-order valence-corrected chi connectivity index (χ4v) is 1.30. The molecular weight excluding hydrogens is 403 g/mol. The van der Waals surface area contributed by atoms with Crippen LogP contribution in [-0.4, -0.2) is 9.52 Å². The Labute approximate surface area is 125 Å². The molecule has 0 unspecified atom stereocenters. The van der Waals surface area contributed by atoms with Gasteiger partial charge in [0, 0.05) is 21.1 Å². The van der Waals surface area contributed by atoms with Crippen molar-refractivity contribution in [3.63, 3.8) is 0 Å². The van der Waals surface area contributed by atoms with Crippen LogP contribution >= 0.6 is 0 Å². The van der Waals surface area contributed by atoms with Crippen LogP contribution < -0.4 is 5.19 Å². The van der Waals surface area contributed by atoms with Gasteiger partial charge in [-0.25, -0.2) is 12.1 Å². The van der Waals surface area contributed by atoms with Gasteiger partial charge in [-0.1, -0.05) is 35.5 Å². The Kier molecular flexibility index (Phi) is 26.6. The van der Waals surface area contributed by atoms with Crippen molar-refractivity contribution in [2.24, 2.45) is 0 Å². The van der Waals surface area contributed by atoms with Crippen molar-refractivity contribution in [1.82, 2.24) is 0 Å². The first-order valence-corrected chi connectivity index (χ1v) is 5.39. The van der Waals surface area contributed by atoms with Crippen LogP contribution in [0.5, 0.6) is 0 Å². The topological polar surface area (TPSA) is 0 Å². The van der Waals surface area contributed by atoms with Crippen LogP contribution in [-0.2, 0) is 21.1 Å². The molecule has 2 radical (unpaired) electrons. The second-order valence-corrected chi connectivity index (χ2v) is 3.44. The van der Waals surface area contributed by atoms with Gasteiger partial charge in [0.15, 0.2) is 0 Å². The van der Waals surface area contributed by atoms with E-state index in [1.807, 2.05) is 48.5 Å². The molecule has 0 spiro atoms. The molecule has 100 valence electrons. The summed E-state index contributed by atoms with van der Waals surface area (Å²) in [5, 5.41) is 1.33. The zero-order valence-corrected chi connectivity index (χ0v) is 14.1. The molecule has 0 aliphatic heterocycles. The fourth-order valence-electron chi connectivity index (χ4n) is 0.877. The van der Waals surface area contributed by atoms with Crippen LogP contribution in [0.25, 0.3) is 0 Å². The van der Waals surface area contributed by atoms with Crippen LogP contribution in [0.15, 0.2) is 60.7 Å². The molecule has 0 atom stereocenters. The number of rotatable bonds is 1. The minimum absolute atomic E-state index is 0. The molecule has 2 aromatic rings. The van der Waals surface area contributed by atoms with Gasteiger partial charge in [-0.3, -0.25) is 0 Å². The first-order valence-electron chi connectivity index (χ1n) is 4.18. The van der Waals surface area contributed by atoms with Crippen molar-refractivity contribution < 1.29 is 21.1 Å². The second-order valence-electron chi connectivity index (χ2n) is 2.51. The van der Waals surface area contributed by atoms with Crippen molar-refractivity contribution in [1.29, 1.82) is 0 Å². The van der Waals surface area contributed by atoms with Crippen molar-refractivity contribution in [2.45, 2.75) is 0 Å². The summed E-state index contributed by atoms with van der Waals surface area (Å²) in [7, 11) is 0.680. The summed E-state index contributed by atoms with van der Waals surface area (Å²) in [6, 6.07) is 20.3. The molecule has 17 heavy (non-hydrogen) atoms. The zero-order valence-electron chi connectivity index (χ0n) is 10.8. The molecule has 0 nitrogen and oxygen atoms in total. The largest absolute Gasteiger partial charge is 0.358 e. The molecule has 0 aromatic heterocycles. The molecule has 0 aliphatic carbocycles. The van der Waals surface area contributed by atoms with Crippen LogP contribution in [0.1, 0.15) is 0 Å². The van der Waals surface area contributed by atoms with E-state index in [1.54, 1.807) is 0 Å². The van der Waals surface area contributed by atoms with E-state index in [1.165, 1.54) is 5.19 Å². The summed E-state index contributed by atoms with van der Waals surface area (Å²) in [5.74, 6) is 0. The van der Waals surface area contributed by atoms with E-state index in [-0.39, 0.29) is 43.3 Å². The van der Waals surface area contributed by atoms with E-state index < -0.39 is 0 Å². The van der Waals surface area contributed by atoms with Crippen molar-refractivity contribution in [3.8, 4) is 0 Å². The number of hydrogen-bond acceptors (Lipinski definition) is 0. The minimum Gasteiger partial charge on any atom is -0.358 e. The van der Waals surface area contributed by atoms with Crippen LogP contribution in [0.2, 0.25) is 0 Å². The molecule has 2 heteroatoms. The number of hydrogen-bond donors (Lipinski definition) is 0. The van der Waals surface area contributed by atoms with E-state index in [9.17, 15) is 0 Å². The molecule has 0 aliphatic rings. The smallest absolute Gasteiger partial charge is 0 e. The van der Waals surface area contributed by atoms with Gasteiger partial charge in [0.05, 0.1) is 0 Å². The molecule has 2 aromatic carbocycles. The Morgan fingerprint density at radius 1 is 0.824 bits per heavy atom. The van der Waals surface area contributed by atoms with E-state index in [0.717, 1.165) is 0 Å². The maximum Gasteiger partial charge on any atom is 0 e. The predicted octanol–water partition coefficient (Wildman–Crippen LogP) is 3.56. The third-order valence-corrected chi connectivity index (χ3v) is 2.28. The molecule has 0 saturated heterocycles. The Hall–Kier alpha value is -0.525. The van der Waals surface area contributed by atoms with Crippen LogP contribution in [0, 0.1) is 28.8 Å². The Bertz CT molecular complexity index is 273. The molecule has 0 saturated carbocycles. The third-order valence-electron chi connectivity index (χ3n) is 1.53. The van der Waals surface area contributed by atoms with Crippen LogP contribution in [0.4, 0.5) is 0 Å². The third kappa shape index (κ3) is 13.4. The summed E-state index contributed by atoms with van der Waals surface area (Å²) >= 11 is 0. The monoisotopic (exact) mass is 424 g/mol. The van der Waals surface area contributed by atoms with Crippen molar-refractivity contribution in [2.75, 3.05) is 0 Å². The average molecular weight is 424 g/mol. The average Bonchev–Trinajstić information content (AvgIpc) is 2.77. The quantitative estimate of drug-likeness (QED) is 0.485. The van der Waals surface area contributed by atoms with Crippen molar-refractivity contribution in [3.05, 3.63) is 89.5 Å². The summed E-state index contributed by atoms with van der Waals surface area (Å²) in [4.78, 5) is 0. The predicted molar refractivity (Wildman–Crippen MR) is 78.5 cm³/mol. The first-order chi connectivity index (χ1) is 6.43. The fraction of sp³-hybridized carbons (Fsp3) is 0. The van der Waals surface area contributed by atoms with Gasteiger partial charge in [0.25, 0.3) is 0 Å². The zero-order chi connectivity index (χ0) is 9.36. The summed E-state index contributed by atoms with van der Waals surface area (Å²) in [6.07, 6.45) is 0. The molecule has 0 N–H and O–H groups in total. The SMILES string of the molecule is [CH2-][Si]c1ccccc1.[CH3-].[CH3-].[CH3-].[Pt].c1cc[cH-]c1. The summed E-state index contributed by atoms with van der Waals surface area (Å²) in [6.45, 7) is 3.78. The molecule has 0 fully saturated rings. The van der Waals surface area contributed by atoms with Gasteiger partial charge in [-0.15, -0.1) is 9.52 Å². The first kappa shape index (κ1) is 25.4. The van der Waals surface area contributed by atoms with Gasteiger partial charge in [0.2, 0.25) is 0 Å². The maximum absolute atomic E-state index is 3.78. The van der Waals surface area contributed by atoms with E-state index in [4.69, 9.17) is 0 Å². The van der Waals surface area contributed by atoms with Gasteiger partial charge in [-0.05, 0) is 0 Å². The normalized spacial score (nSPS) is 6.65. The van der Waals surface area contributed by atoms with E-state index >= 15 is 0 Å². The van der Waals surface area contributed by atoms with Gasteiger partial charge >= 0.3 is 0 Å². The van der Waals surface area contributed by atoms with Gasteiger partial charge < -0.3 is 28.8 Å². The summed E-state index contributed by atoms with van der Waals surface area (Å²) < 4.78 is 0. The second kappa shape index (κ2) is 17.9.